The number of anilines is 3. The molecule has 0 amide bonds. The molecule has 3 aromatic rings. The maximum Gasteiger partial charge on any atom is 0.407 e. The summed E-state index contributed by atoms with van der Waals surface area (Å²) < 4.78 is 0. The Labute approximate surface area is 162 Å². The van der Waals surface area contributed by atoms with Crippen LogP contribution >= 0.6 is 0 Å². The van der Waals surface area contributed by atoms with Gasteiger partial charge in [-0.15, -0.1) is 0 Å². The van der Waals surface area contributed by atoms with Crippen molar-refractivity contribution < 1.29 is 0 Å². The fourth-order valence-electron chi connectivity index (χ4n) is 1.74. The summed E-state index contributed by atoms with van der Waals surface area (Å²) in [7, 11) is 0. The summed E-state index contributed by atoms with van der Waals surface area (Å²) in [6, 6.07) is 20.5. The highest BCUT2D eigenvalue weighted by Gasteiger charge is 2.07. The molecule has 140 valence electrons. The fraction of sp³-hybridized carbons (Fsp3) is 0. The first kappa shape index (κ1) is 23.3. The van der Waals surface area contributed by atoms with Gasteiger partial charge in [-0.25, -0.2) is 0 Å². The molecule has 0 saturated heterocycles. The van der Waals surface area contributed by atoms with Gasteiger partial charge < -0.3 is 23.4 Å². The number of benzene rings is 3. The zero-order valence-corrected chi connectivity index (χ0v) is 14.8. The molecule has 0 saturated carbocycles. The maximum atomic E-state index is 8.26. The minimum absolute atomic E-state index is 0. The van der Waals surface area contributed by atoms with Gasteiger partial charge >= 0.3 is 17.1 Å². The van der Waals surface area contributed by atoms with E-state index in [1.165, 1.54) is 0 Å². The Morgan fingerprint density at radius 3 is 0.821 bits per heavy atom. The lowest BCUT2D eigenvalue weighted by molar-refractivity contribution is 1.46. The lowest BCUT2D eigenvalue weighted by Crippen LogP contribution is -1.81. The minimum atomic E-state index is 0. The van der Waals surface area contributed by atoms with Gasteiger partial charge in [-0.3, -0.25) is 0 Å². The van der Waals surface area contributed by atoms with E-state index < -0.39 is 0 Å². The molecule has 0 bridgehead atoms. The molecule has 0 aliphatic heterocycles. The molecule has 10 nitrogen and oxygen atoms in total. The molecular formula is C18H18N10. The molecule has 0 aliphatic rings. The van der Waals surface area contributed by atoms with E-state index in [0.717, 1.165) is 0 Å². The van der Waals surface area contributed by atoms with Gasteiger partial charge in [-0.1, -0.05) is 36.4 Å². The van der Waals surface area contributed by atoms with Crippen LogP contribution in [0, 0.1) is 16.2 Å². The maximum absolute atomic E-state index is 8.26. The fourth-order valence-corrected chi connectivity index (χ4v) is 1.74. The molecule has 0 heterocycles. The summed E-state index contributed by atoms with van der Waals surface area (Å²) in [5, 5.41) is 24.8. The minimum Gasteiger partial charge on any atom is -3.00 e. The first-order valence-electron chi connectivity index (χ1n) is 7.62. The Morgan fingerprint density at radius 2 is 0.679 bits per heavy atom. The number of para-hydroxylation sites is 3. The van der Waals surface area contributed by atoms with E-state index in [-0.39, 0.29) is 6.15 Å². The topological polar surface area (TPSA) is 193 Å². The van der Waals surface area contributed by atoms with Gasteiger partial charge in [0.1, 0.15) is 17.1 Å². The standard InChI is InChI=1S/3C6H6N3.N/c3*7-5-3-1-2-4-6(5)9-8;/h3*1-4H,7H2;/q3*+1;-3. The van der Waals surface area contributed by atoms with Gasteiger partial charge in [0.25, 0.3) is 0 Å². The predicted molar refractivity (Wildman–Crippen MR) is 110 cm³/mol. The Morgan fingerprint density at radius 1 is 0.464 bits per heavy atom. The lowest BCUT2D eigenvalue weighted by atomic mass is 10.3. The van der Waals surface area contributed by atoms with Crippen molar-refractivity contribution >= 4 is 34.1 Å². The lowest BCUT2D eigenvalue weighted by Gasteiger charge is -3.00. The number of diazo groups is 3. The van der Waals surface area contributed by atoms with Crippen LogP contribution < -0.4 is 17.2 Å². The van der Waals surface area contributed by atoms with Crippen LogP contribution in [0.5, 0.6) is 0 Å². The monoisotopic (exact) mass is 374 g/mol. The summed E-state index contributed by atoms with van der Waals surface area (Å²) in [5.41, 5.74) is 18.8. The third-order valence-corrected chi connectivity index (χ3v) is 3.13. The first-order chi connectivity index (χ1) is 13.0. The molecule has 28 heavy (non-hydrogen) atoms. The molecule has 0 unspecified atom stereocenters. The summed E-state index contributed by atoms with van der Waals surface area (Å²) in [4.78, 5) is 8.84. The van der Waals surface area contributed by atoms with Crippen molar-refractivity contribution in [2.24, 2.45) is 0 Å². The highest BCUT2D eigenvalue weighted by molar-refractivity contribution is 5.67. The average Bonchev–Trinajstić information content (AvgIpc) is 2.70. The van der Waals surface area contributed by atoms with Crippen molar-refractivity contribution in [2.75, 3.05) is 17.2 Å². The van der Waals surface area contributed by atoms with Crippen LogP contribution in [0.2, 0.25) is 0 Å². The third kappa shape index (κ3) is 7.45. The van der Waals surface area contributed by atoms with E-state index in [4.69, 9.17) is 33.4 Å². The number of nitrogens with zero attached hydrogens (tertiary/aromatic N) is 7. The van der Waals surface area contributed by atoms with Gasteiger partial charge in [0.05, 0.1) is 0 Å². The molecule has 0 spiro atoms. The van der Waals surface area contributed by atoms with Crippen LogP contribution in [0.15, 0.2) is 72.8 Å². The second-order valence-corrected chi connectivity index (χ2v) is 4.98. The van der Waals surface area contributed by atoms with Crippen molar-refractivity contribution in [1.29, 1.82) is 16.2 Å². The summed E-state index contributed by atoms with van der Waals surface area (Å²) in [6.45, 7) is 0. The van der Waals surface area contributed by atoms with E-state index in [2.05, 4.69) is 14.9 Å². The van der Waals surface area contributed by atoms with E-state index in [0.29, 0.717) is 34.1 Å². The molecule has 0 atom stereocenters. The number of nitrogens with two attached hydrogens (primary N) is 3. The van der Waals surface area contributed by atoms with Gasteiger partial charge in [0.2, 0.25) is 16.2 Å². The molecule has 0 fully saturated rings. The van der Waals surface area contributed by atoms with Gasteiger partial charge in [-0.05, 0) is 18.2 Å². The second kappa shape index (κ2) is 12.6. The molecule has 0 aliphatic carbocycles. The van der Waals surface area contributed by atoms with E-state index in [1.54, 1.807) is 72.8 Å². The van der Waals surface area contributed by atoms with E-state index in [1.807, 2.05) is 0 Å². The van der Waals surface area contributed by atoms with Crippen LogP contribution in [0.4, 0.5) is 34.1 Å². The zero-order chi connectivity index (χ0) is 20.1. The van der Waals surface area contributed by atoms with E-state index >= 15 is 0 Å². The van der Waals surface area contributed by atoms with Crippen LogP contribution in [-0.4, -0.2) is 0 Å². The normalized spacial score (nSPS) is 8.04. The summed E-state index contributed by atoms with van der Waals surface area (Å²) >= 11 is 0. The van der Waals surface area contributed by atoms with Crippen LogP contribution in [0.1, 0.15) is 0 Å². The van der Waals surface area contributed by atoms with Crippen molar-refractivity contribution in [3.05, 3.63) is 93.9 Å². The van der Waals surface area contributed by atoms with E-state index in [9.17, 15) is 0 Å². The Bertz CT molecular complexity index is 880. The molecule has 3 aromatic carbocycles. The predicted octanol–water partition coefficient (Wildman–Crippen LogP) is 5.55. The Balaban J connectivity index is 0.000000384. The number of rotatable bonds is 0. The van der Waals surface area contributed by atoms with Gasteiger partial charge in [-0.2, -0.15) is 0 Å². The van der Waals surface area contributed by atoms with Gasteiger partial charge in [0, 0.05) is 18.2 Å². The highest BCUT2D eigenvalue weighted by Crippen LogP contribution is 2.20. The Hall–Kier alpha value is -4.72. The highest BCUT2D eigenvalue weighted by atomic mass is 14.9. The molecule has 0 aromatic heterocycles. The Kier molecular flexibility index (Phi) is 10.5. The van der Waals surface area contributed by atoms with Crippen molar-refractivity contribution in [3.8, 4) is 0 Å². The average molecular weight is 374 g/mol. The molecule has 0 radical (unpaired) electrons. The van der Waals surface area contributed by atoms with Crippen molar-refractivity contribution in [1.82, 2.24) is 0 Å². The molecule has 3 rings (SSSR count). The van der Waals surface area contributed by atoms with Crippen LogP contribution in [0.25, 0.3) is 21.1 Å². The second-order valence-electron chi connectivity index (χ2n) is 4.98. The molecular weight excluding hydrogens is 356 g/mol. The van der Waals surface area contributed by atoms with Crippen LogP contribution in [-0.2, 0) is 0 Å². The van der Waals surface area contributed by atoms with Gasteiger partial charge in [0.15, 0.2) is 14.9 Å². The van der Waals surface area contributed by atoms with Crippen LogP contribution in [0.3, 0.4) is 0 Å². The number of hydrogen-bond donors (Lipinski definition) is 3. The first-order valence-corrected chi connectivity index (χ1v) is 7.62. The molecule has 6 N–H and O–H groups in total. The van der Waals surface area contributed by atoms with Crippen molar-refractivity contribution in [2.45, 2.75) is 0 Å². The largest absolute Gasteiger partial charge is 3.00 e. The summed E-state index contributed by atoms with van der Waals surface area (Å²) in [6.07, 6.45) is 0. The molecule has 10 heteroatoms. The number of hydrogen-bond acceptors (Lipinski definition) is 6. The quantitative estimate of drug-likeness (QED) is 0.340. The zero-order valence-electron chi connectivity index (χ0n) is 14.8. The summed E-state index contributed by atoms with van der Waals surface area (Å²) in [5.74, 6) is 0. The third-order valence-electron chi connectivity index (χ3n) is 3.13. The number of nitrogen functional groups attached to an aromatic ring is 3. The van der Waals surface area contributed by atoms with Crippen molar-refractivity contribution in [3.63, 3.8) is 0 Å². The SMILES string of the molecule is N#[N+]c1ccccc1N.N#[N+]c1ccccc1N.N#[N+]c1ccccc1N.[N-3]. The smallest absolute Gasteiger partial charge is 0.407 e.